The van der Waals surface area contributed by atoms with E-state index in [2.05, 4.69) is 10.6 Å². The Balaban J connectivity index is 3.37. The maximum Gasteiger partial charge on any atom is 0.336 e. The van der Waals surface area contributed by atoms with Gasteiger partial charge in [-0.15, -0.1) is 0 Å². The molecule has 1 unspecified atom stereocenters. The Bertz CT molecular complexity index is 104. The van der Waals surface area contributed by atoms with Gasteiger partial charge >= 0.3 is 6.03 Å². The molecule has 1 N–H and O–H groups in total. The van der Waals surface area contributed by atoms with Crippen LogP contribution in [-0.2, 0) is 0 Å². The standard InChI is InChI=1S/C7H15N2O/c1-4-6(3)9-7(10)8-5-2/h6H,4-5H2,1-3H3,(H,9,10). The van der Waals surface area contributed by atoms with Gasteiger partial charge in [0.15, 0.2) is 0 Å². The van der Waals surface area contributed by atoms with Gasteiger partial charge in [-0.2, -0.15) is 0 Å². The van der Waals surface area contributed by atoms with Crippen molar-refractivity contribution < 1.29 is 4.79 Å². The highest BCUT2D eigenvalue weighted by Gasteiger charge is 2.02. The van der Waals surface area contributed by atoms with Crippen LogP contribution < -0.4 is 10.6 Å². The second-order valence-corrected chi connectivity index (χ2v) is 2.23. The van der Waals surface area contributed by atoms with Crippen LogP contribution in [0.25, 0.3) is 0 Å². The lowest BCUT2D eigenvalue weighted by Crippen LogP contribution is -2.36. The Labute approximate surface area is 62.2 Å². The molecular formula is C7H15N2O. The molecule has 0 aromatic carbocycles. The van der Waals surface area contributed by atoms with E-state index < -0.39 is 0 Å². The molecular weight excluding hydrogens is 128 g/mol. The molecule has 0 bridgehead atoms. The molecule has 3 heteroatoms. The van der Waals surface area contributed by atoms with E-state index in [0.717, 1.165) is 6.42 Å². The lowest BCUT2D eigenvalue weighted by molar-refractivity contribution is 0.237. The summed E-state index contributed by atoms with van der Waals surface area (Å²) < 4.78 is 0. The number of carbonyl (C=O) groups is 1. The van der Waals surface area contributed by atoms with Crippen molar-refractivity contribution in [2.75, 3.05) is 6.54 Å². The third-order valence-corrected chi connectivity index (χ3v) is 1.28. The number of nitrogens with zero attached hydrogens (tertiary/aromatic N) is 1. The highest BCUT2D eigenvalue weighted by molar-refractivity contribution is 5.73. The first kappa shape index (κ1) is 9.27. The van der Waals surface area contributed by atoms with Gasteiger partial charge in [-0.3, -0.25) is 0 Å². The van der Waals surface area contributed by atoms with Gasteiger partial charge in [-0.1, -0.05) is 6.92 Å². The molecule has 10 heavy (non-hydrogen) atoms. The van der Waals surface area contributed by atoms with Crippen molar-refractivity contribution in [2.24, 2.45) is 0 Å². The van der Waals surface area contributed by atoms with E-state index in [-0.39, 0.29) is 12.1 Å². The fraction of sp³-hybridized carbons (Fsp3) is 0.857. The van der Waals surface area contributed by atoms with Crippen molar-refractivity contribution in [1.29, 1.82) is 0 Å². The Morgan fingerprint density at radius 1 is 1.60 bits per heavy atom. The number of hydrogen-bond acceptors (Lipinski definition) is 1. The van der Waals surface area contributed by atoms with Crippen molar-refractivity contribution in [3.63, 3.8) is 0 Å². The minimum Gasteiger partial charge on any atom is -0.334 e. The predicted octanol–water partition coefficient (Wildman–Crippen LogP) is 1.12. The molecule has 0 fully saturated rings. The molecule has 2 amide bonds. The molecule has 1 radical (unpaired) electrons. The Kier molecular flexibility index (Phi) is 4.72. The van der Waals surface area contributed by atoms with E-state index in [1.807, 2.05) is 20.8 Å². The first-order valence-corrected chi connectivity index (χ1v) is 3.68. The van der Waals surface area contributed by atoms with Crippen LogP contribution >= 0.6 is 0 Å². The zero-order valence-electron chi connectivity index (χ0n) is 6.85. The predicted molar refractivity (Wildman–Crippen MR) is 41.0 cm³/mol. The average Bonchev–Trinajstić information content (AvgIpc) is 1.88. The van der Waals surface area contributed by atoms with Crippen LogP contribution in [0.5, 0.6) is 0 Å². The van der Waals surface area contributed by atoms with E-state index in [9.17, 15) is 4.79 Å². The number of carbonyl (C=O) groups excluding carboxylic acids is 1. The molecule has 0 aliphatic rings. The summed E-state index contributed by atoms with van der Waals surface area (Å²) in [5.41, 5.74) is 0. The first-order chi connectivity index (χ1) is 4.70. The zero-order valence-corrected chi connectivity index (χ0v) is 6.85. The van der Waals surface area contributed by atoms with E-state index in [0.29, 0.717) is 6.54 Å². The monoisotopic (exact) mass is 143 g/mol. The summed E-state index contributed by atoms with van der Waals surface area (Å²) in [5, 5.41) is 6.39. The Morgan fingerprint density at radius 3 is 2.60 bits per heavy atom. The van der Waals surface area contributed by atoms with Gasteiger partial charge in [-0.05, 0) is 20.3 Å². The molecule has 0 saturated carbocycles. The van der Waals surface area contributed by atoms with Crippen LogP contribution in [0.4, 0.5) is 4.79 Å². The average molecular weight is 143 g/mol. The normalized spacial score (nSPS) is 12.3. The smallest absolute Gasteiger partial charge is 0.334 e. The van der Waals surface area contributed by atoms with Crippen molar-refractivity contribution in [3.05, 3.63) is 0 Å². The van der Waals surface area contributed by atoms with Gasteiger partial charge in [0.05, 0.1) is 0 Å². The summed E-state index contributed by atoms with van der Waals surface area (Å²) in [5.74, 6) is 0. The summed E-state index contributed by atoms with van der Waals surface area (Å²) in [6.45, 7) is 6.39. The summed E-state index contributed by atoms with van der Waals surface area (Å²) >= 11 is 0. The fourth-order valence-electron chi connectivity index (χ4n) is 0.502. The number of amides is 2. The fourth-order valence-corrected chi connectivity index (χ4v) is 0.502. The third-order valence-electron chi connectivity index (χ3n) is 1.28. The SMILES string of the molecule is CC[N]C(=O)NC(C)CC. The molecule has 3 nitrogen and oxygen atoms in total. The topological polar surface area (TPSA) is 43.2 Å². The van der Waals surface area contributed by atoms with E-state index >= 15 is 0 Å². The van der Waals surface area contributed by atoms with Crippen molar-refractivity contribution in [2.45, 2.75) is 33.2 Å². The van der Waals surface area contributed by atoms with E-state index in [1.54, 1.807) is 0 Å². The molecule has 0 spiro atoms. The zero-order chi connectivity index (χ0) is 7.98. The van der Waals surface area contributed by atoms with Crippen molar-refractivity contribution in [1.82, 2.24) is 10.6 Å². The summed E-state index contributed by atoms with van der Waals surface area (Å²) in [6, 6.07) is 0.0413. The molecule has 0 heterocycles. The maximum atomic E-state index is 10.7. The van der Waals surface area contributed by atoms with E-state index in [4.69, 9.17) is 0 Å². The van der Waals surface area contributed by atoms with Gasteiger partial charge in [0.1, 0.15) is 0 Å². The number of rotatable bonds is 3. The van der Waals surface area contributed by atoms with Gasteiger partial charge in [0, 0.05) is 12.6 Å². The molecule has 0 rings (SSSR count). The summed E-state index contributed by atoms with van der Waals surface area (Å²) in [4.78, 5) is 10.7. The second kappa shape index (κ2) is 5.09. The lowest BCUT2D eigenvalue weighted by Gasteiger charge is -2.09. The van der Waals surface area contributed by atoms with Gasteiger partial charge in [-0.25, -0.2) is 10.1 Å². The molecule has 0 aromatic heterocycles. The quantitative estimate of drug-likeness (QED) is 0.632. The van der Waals surface area contributed by atoms with Crippen LogP contribution in [0.15, 0.2) is 0 Å². The van der Waals surface area contributed by atoms with Crippen LogP contribution in [0, 0.1) is 0 Å². The van der Waals surface area contributed by atoms with Gasteiger partial charge in [0.25, 0.3) is 0 Å². The second-order valence-electron chi connectivity index (χ2n) is 2.23. The Hall–Kier alpha value is -0.730. The largest absolute Gasteiger partial charge is 0.336 e. The molecule has 0 aliphatic heterocycles. The minimum atomic E-state index is -0.197. The molecule has 1 atom stereocenters. The maximum absolute atomic E-state index is 10.7. The highest BCUT2D eigenvalue weighted by Crippen LogP contribution is 1.86. The van der Waals surface area contributed by atoms with E-state index in [1.165, 1.54) is 0 Å². The molecule has 0 aromatic rings. The lowest BCUT2D eigenvalue weighted by atomic mass is 10.3. The van der Waals surface area contributed by atoms with Crippen LogP contribution in [0.3, 0.4) is 0 Å². The Morgan fingerprint density at radius 2 is 2.20 bits per heavy atom. The minimum absolute atomic E-state index is 0.197. The molecule has 0 aliphatic carbocycles. The van der Waals surface area contributed by atoms with Crippen LogP contribution in [0.2, 0.25) is 0 Å². The summed E-state index contributed by atoms with van der Waals surface area (Å²) in [7, 11) is 0. The number of nitrogens with one attached hydrogen (secondary N) is 1. The van der Waals surface area contributed by atoms with Crippen molar-refractivity contribution >= 4 is 6.03 Å². The molecule has 59 valence electrons. The van der Waals surface area contributed by atoms with Crippen LogP contribution in [-0.4, -0.2) is 18.6 Å². The number of urea groups is 1. The van der Waals surface area contributed by atoms with Crippen LogP contribution in [0.1, 0.15) is 27.2 Å². The third kappa shape index (κ3) is 4.18. The molecule has 0 saturated heterocycles. The van der Waals surface area contributed by atoms with Gasteiger partial charge in [0.2, 0.25) is 0 Å². The van der Waals surface area contributed by atoms with Gasteiger partial charge < -0.3 is 5.32 Å². The first-order valence-electron chi connectivity index (χ1n) is 3.68. The van der Waals surface area contributed by atoms with Crippen molar-refractivity contribution in [3.8, 4) is 0 Å². The number of hydrogen-bond donors (Lipinski definition) is 1. The highest BCUT2D eigenvalue weighted by atomic mass is 16.2. The summed E-state index contributed by atoms with van der Waals surface area (Å²) in [6.07, 6.45) is 0.949.